The maximum atomic E-state index is 15.1. The first-order valence-corrected chi connectivity index (χ1v) is 38.4. The van der Waals surface area contributed by atoms with Crippen molar-refractivity contribution in [2.75, 3.05) is 32.8 Å². The second-order valence-corrected chi connectivity index (χ2v) is 28.9. The molecule has 7 rings (SSSR count). The molecule has 0 saturated carbocycles. The van der Waals surface area contributed by atoms with Gasteiger partial charge in [-0.05, 0) is 149 Å². The number of nitrogens with two attached hydrogens (primary N) is 1. The van der Waals surface area contributed by atoms with E-state index < -0.39 is 144 Å². The van der Waals surface area contributed by atoms with Crippen LogP contribution in [0.25, 0.3) is 10.9 Å². The van der Waals surface area contributed by atoms with Crippen molar-refractivity contribution >= 4 is 99.3 Å². The molecule has 34 heteroatoms. The van der Waals surface area contributed by atoms with Gasteiger partial charge in [-0.1, -0.05) is 81.8 Å². The van der Waals surface area contributed by atoms with E-state index in [9.17, 15) is 57.8 Å². The van der Waals surface area contributed by atoms with E-state index in [-0.39, 0.29) is 114 Å². The minimum absolute atomic E-state index is 0.0171. The van der Waals surface area contributed by atoms with Crippen molar-refractivity contribution in [3.8, 4) is 0 Å². The number of hydrogen-bond acceptors (Lipinski definition) is 20. The van der Waals surface area contributed by atoms with E-state index in [0.717, 1.165) is 5.39 Å². The largest absolute Gasteiger partial charge is 0.394 e. The van der Waals surface area contributed by atoms with Crippen LogP contribution in [0.1, 0.15) is 150 Å². The molecule has 1 saturated heterocycles. The van der Waals surface area contributed by atoms with Crippen LogP contribution >= 0.6 is 11.6 Å². The Labute approximate surface area is 661 Å². The van der Waals surface area contributed by atoms with Gasteiger partial charge in [-0.3, -0.25) is 82.3 Å². The van der Waals surface area contributed by atoms with E-state index in [1.807, 2.05) is 44.2 Å². The Balaban J connectivity index is 1.15. The Hall–Kier alpha value is -11.4. The molecule has 15 N–H and O–H groups in total. The summed E-state index contributed by atoms with van der Waals surface area (Å²) >= 11 is 6.26. The summed E-state index contributed by atoms with van der Waals surface area (Å²) in [6.07, 6.45) is 11.3. The number of halogens is 1. The molecule has 0 spiro atoms. The van der Waals surface area contributed by atoms with Gasteiger partial charge in [0.15, 0.2) is 0 Å². The quantitative estimate of drug-likeness (QED) is 0.0240. The average Bonchev–Trinajstić information content (AvgIpc) is 1.78. The zero-order valence-electron chi connectivity index (χ0n) is 64.4. The van der Waals surface area contributed by atoms with Crippen LogP contribution in [0.3, 0.4) is 0 Å². The Kier molecular flexibility index (Phi) is 36.0. The summed E-state index contributed by atoms with van der Waals surface area (Å²) in [7, 11) is 0. The second kappa shape index (κ2) is 45.8. The van der Waals surface area contributed by atoms with Crippen LogP contribution < -0.4 is 69.5 Å². The van der Waals surface area contributed by atoms with Gasteiger partial charge in [0.25, 0.3) is 11.8 Å². The number of carbonyl (C=O) groups excluding carboxylic acids is 13. The van der Waals surface area contributed by atoms with Gasteiger partial charge in [-0.2, -0.15) is 0 Å². The number of nitrogens with one attached hydrogen (secondary N) is 12. The molecule has 1 aliphatic heterocycles. The number of para-hydroxylation sites is 1. The highest BCUT2D eigenvalue weighted by Gasteiger charge is 2.40. The highest BCUT2D eigenvalue weighted by atomic mass is 35.5. The van der Waals surface area contributed by atoms with Crippen LogP contribution in [-0.2, 0) is 72.0 Å². The number of aliphatic hydroxyl groups is 1. The average molecular weight is 1580 g/mol. The molecule has 1 aliphatic rings. The number of amides is 13. The normalized spacial score (nSPS) is 14.9. The Morgan fingerprint density at radius 3 is 1.65 bits per heavy atom. The highest BCUT2D eigenvalue weighted by Crippen LogP contribution is 2.22. The van der Waals surface area contributed by atoms with Gasteiger partial charge >= 0.3 is 0 Å². The summed E-state index contributed by atoms with van der Waals surface area (Å²) in [6.45, 7) is 9.89. The van der Waals surface area contributed by atoms with Gasteiger partial charge in [0.1, 0.15) is 71.8 Å². The highest BCUT2D eigenvalue weighted by molar-refractivity contribution is 6.30. The summed E-state index contributed by atoms with van der Waals surface area (Å²) in [5, 5.41) is 45.3. The molecule has 2 aromatic carbocycles. The molecule has 0 radical (unpaired) electrons. The standard InChI is InChI=1S/C79H104ClN19O14/c1-47(2)38-61(73(107)94-60(23-11-12-31-84-48(3)4)79(113)99-37-17-25-67(99)78(112)90-49(5)68(81)102)95-72(106)58(22-10-14-33-87-69(103)57-21-9-13-32-85-57)92-71(105)59(24-16-34-88-70(104)65-45-83-35-36-86-65)93-77(111)66(46-100)98-76(110)64(41-52-18-15-30-82-43-52)97-75(109)63(40-51-26-28-55(80)29-27-51)96-74(108)62(91-50(6)101)42-53-39-54-19-7-8-20-56(54)89-44-53/h7-9,13,15,18-21,26-30,32,35-36,39,43-45,47-49,58-64,66-67,84,100H,10-12,14,16-17,22-25,31,33-34,37-38,40-42,46H2,1-6H3,(H2,81,102)(H,87,103)(H,88,104)(H,90,112)(H,91,101)(H,92,105)(H,93,111)(H,94,107)(H,95,106)(H,96,108)(H,97,109)(H,98,110)/t49-,58+,59+,60+,61+,62-,63+,64-,66+,67+/m1/s1. The van der Waals surface area contributed by atoms with Crippen molar-refractivity contribution in [2.24, 2.45) is 11.7 Å². The first kappa shape index (κ1) is 88.8. The number of nitrogens with zero attached hydrogens (tertiary/aromatic N) is 6. The van der Waals surface area contributed by atoms with E-state index >= 15 is 9.59 Å². The molecule has 1 fully saturated rings. The third kappa shape index (κ3) is 29.6. The number of hydrogen-bond donors (Lipinski definition) is 14. The number of likely N-dealkylation sites (tertiary alicyclic amines) is 1. The molecule has 113 heavy (non-hydrogen) atoms. The lowest BCUT2D eigenvalue weighted by atomic mass is 10.00. The van der Waals surface area contributed by atoms with E-state index in [1.54, 1.807) is 68.6 Å². The molecule has 33 nitrogen and oxygen atoms in total. The van der Waals surface area contributed by atoms with Crippen molar-refractivity contribution in [3.05, 3.63) is 161 Å². The van der Waals surface area contributed by atoms with Crippen molar-refractivity contribution in [2.45, 2.75) is 198 Å². The van der Waals surface area contributed by atoms with Crippen LogP contribution in [0, 0.1) is 5.92 Å². The fraction of sp³-hybridized carbons (Fsp3) is 0.468. The first-order valence-electron chi connectivity index (χ1n) is 38.0. The number of aromatic nitrogens is 5. The smallest absolute Gasteiger partial charge is 0.271 e. The van der Waals surface area contributed by atoms with Crippen LogP contribution in [0.2, 0.25) is 5.02 Å². The van der Waals surface area contributed by atoms with Crippen LogP contribution in [-0.4, -0.2) is 211 Å². The summed E-state index contributed by atoms with van der Waals surface area (Å²) in [5.74, 6) is -10.3. The lowest BCUT2D eigenvalue weighted by Gasteiger charge is -2.31. The summed E-state index contributed by atoms with van der Waals surface area (Å²) in [6, 6.07) is 9.99. The van der Waals surface area contributed by atoms with Gasteiger partial charge in [0.2, 0.25) is 65.0 Å². The van der Waals surface area contributed by atoms with Crippen LogP contribution in [0.4, 0.5) is 0 Å². The lowest BCUT2D eigenvalue weighted by Crippen LogP contribution is -2.61. The lowest BCUT2D eigenvalue weighted by molar-refractivity contribution is -0.142. The van der Waals surface area contributed by atoms with Gasteiger partial charge in [0, 0.05) is 99.5 Å². The monoisotopic (exact) mass is 1580 g/mol. The Morgan fingerprint density at radius 1 is 0.504 bits per heavy atom. The van der Waals surface area contributed by atoms with Gasteiger partial charge in [-0.25, -0.2) is 4.98 Å². The molecule has 13 amide bonds. The molecule has 0 aliphatic carbocycles. The van der Waals surface area contributed by atoms with E-state index in [4.69, 9.17) is 17.3 Å². The number of benzene rings is 2. The molecule has 4 aromatic heterocycles. The topological polar surface area (TPSA) is 480 Å². The number of unbranched alkanes of at least 4 members (excludes halogenated alkanes) is 2. The third-order valence-electron chi connectivity index (χ3n) is 18.5. The Bertz CT molecular complexity index is 4190. The molecule has 10 atom stereocenters. The predicted octanol–water partition coefficient (Wildman–Crippen LogP) is 1.39. The molecule has 0 bridgehead atoms. The molecule has 606 valence electrons. The maximum absolute atomic E-state index is 15.1. The summed E-state index contributed by atoms with van der Waals surface area (Å²) in [5.41, 5.74) is 7.82. The Morgan fingerprint density at radius 2 is 1.04 bits per heavy atom. The summed E-state index contributed by atoms with van der Waals surface area (Å²) < 4.78 is 0. The van der Waals surface area contributed by atoms with Gasteiger partial charge in [-0.15, -0.1) is 0 Å². The van der Waals surface area contributed by atoms with E-state index in [1.165, 1.54) is 62.0 Å². The molecular weight excluding hydrogens is 1470 g/mol. The number of carbonyl (C=O) groups is 13. The molecule has 0 unspecified atom stereocenters. The zero-order valence-corrected chi connectivity index (χ0v) is 65.1. The van der Waals surface area contributed by atoms with Crippen LogP contribution in [0.5, 0.6) is 0 Å². The number of pyridine rings is 3. The zero-order chi connectivity index (χ0) is 81.9. The van der Waals surface area contributed by atoms with Gasteiger partial charge < -0.3 is 79.5 Å². The van der Waals surface area contributed by atoms with Crippen molar-refractivity contribution in [1.82, 2.24) is 93.6 Å². The maximum Gasteiger partial charge on any atom is 0.271 e. The first-order chi connectivity index (χ1) is 54.2. The molecular formula is C79H104ClN19O14. The van der Waals surface area contributed by atoms with Crippen molar-refractivity contribution in [3.63, 3.8) is 0 Å². The number of fused-ring (bicyclic) bond motifs is 1. The second-order valence-electron chi connectivity index (χ2n) is 28.5. The number of rotatable bonds is 45. The van der Waals surface area contributed by atoms with Crippen LogP contribution in [0.15, 0.2) is 128 Å². The van der Waals surface area contributed by atoms with E-state index in [0.29, 0.717) is 53.0 Å². The fourth-order valence-electron chi connectivity index (χ4n) is 12.6. The van der Waals surface area contributed by atoms with Gasteiger partial charge in [0.05, 0.1) is 18.3 Å². The molecule has 5 heterocycles. The number of primary amides is 1. The van der Waals surface area contributed by atoms with E-state index in [2.05, 4.69) is 88.7 Å². The SMILES string of the molecule is CC(=O)N[C@H](Cc1cnc2ccccc2c1)C(=O)N[C@@H](Cc1ccc(Cl)cc1)C(=O)N[C@H](Cc1cccnc1)C(=O)N[C@@H](CO)C(=O)N[C@@H](CCCNC(=O)c1cnccn1)C(=O)N[C@@H](CCCCNC(=O)c1ccccn1)C(=O)N[C@@H](CC(C)C)C(=O)N[C@@H](CCCCNC(C)C)C(=O)N1CCC[C@H]1C(=O)N[C@H](C)C(N)=O. The van der Waals surface area contributed by atoms with Crippen molar-refractivity contribution in [1.29, 1.82) is 0 Å². The number of aliphatic hydroxyl groups excluding tert-OH is 1. The predicted molar refractivity (Wildman–Crippen MR) is 419 cm³/mol. The molecule has 6 aromatic rings. The summed E-state index contributed by atoms with van der Waals surface area (Å²) in [4.78, 5) is 205. The fourth-order valence-corrected chi connectivity index (χ4v) is 12.7. The third-order valence-corrected chi connectivity index (χ3v) is 18.8. The van der Waals surface area contributed by atoms with Crippen molar-refractivity contribution < 1.29 is 67.4 Å². The minimum Gasteiger partial charge on any atom is -0.394 e. The minimum atomic E-state index is -1.86.